The Hall–Kier alpha value is -1.56. The van der Waals surface area contributed by atoms with Gasteiger partial charge < -0.3 is 112 Å². The van der Waals surface area contributed by atoms with Crippen molar-refractivity contribution in [3.05, 3.63) is 34.9 Å². The molecule has 14 unspecified atom stereocenters. The van der Waals surface area contributed by atoms with Crippen LogP contribution in [-0.2, 0) is 82.4 Å². The summed E-state index contributed by atoms with van der Waals surface area (Å²) in [6, 6.07) is 7.05. The van der Waals surface area contributed by atoms with Crippen LogP contribution < -0.4 is 5.32 Å². The van der Waals surface area contributed by atoms with Crippen molar-refractivity contribution in [2.24, 2.45) is 47.3 Å². The maximum absolute atomic E-state index is 14.4. The number of cyclic esters (lactones) is 2. The third kappa shape index (κ3) is 21.5. The number of rotatable bonds is 20. The van der Waals surface area contributed by atoms with Crippen molar-refractivity contribution in [2.75, 3.05) is 28.3 Å². The van der Waals surface area contributed by atoms with Gasteiger partial charge in [0.05, 0.1) is 107 Å². The zero-order valence-electron chi connectivity index (χ0n) is 69.3. The van der Waals surface area contributed by atoms with Crippen LogP contribution in [0.2, 0.25) is 5.02 Å². The molecule has 1 aromatic rings. The molecular weight excluding hydrogens is 1510 g/mol. The SMILES string of the molecule is CC[C@@H](O)[C@@](C)(O)[C@@H]1OC(=O)[C@H](C)[C@@H](O[C@H]2CC(C)(OC)[C@@H](O)C(C)O2)[C@H](C)[C@@H](O[C@@H]2OC(C)CC(N(C)Cc3cccc(Cl)c3)C2O)[C@]2(C)CC(C)C(O2)[C@@H]1C.CC[C@@H](O)[C@@](C)(O)[C@@H]1OC(=O)[C@H](C)[C@@H](O[C@H]2CC(C)(OC)[C@@H](O)C(C)O2)[C@H](C)[C@@H](O[C@@H]2OC(C)CC(NC)C2O)[C@]2(C)CC(C)C(O2)[C@@H]1C.ClC(Cl)Cl. The number of ether oxygens (including phenoxy) is 14. The summed E-state index contributed by atoms with van der Waals surface area (Å²) < 4.78 is 89.7. The largest absolute Gasteiger partial charge is 0.459 e. The van der Waals surface area contributed by atoms with Gasteiger partial charge in [0, 0.05) is 74.4 Å². The standard InChI is InChI=1S/C43H70ClNO12.C36H65NO12.CHCl3/c1-13-31(46)43(10,50)38-24(4)34-22(2)19-42(9,57-34)37(56-40-33(47)30(17-23(3)52-40)45(11)21-28-15-14-16-29(44)18-28)25(5)35(26(6)39(49)55-38)54-32-20-41(8,51-12)36(48)27(7)53-32;1-13-24(38)36(10,42)31-19(4)27-17(2)15-35(9,49-27)30(48-33-26(39)23(37-11)14-18(3)44-33)20(5)28(21(6)32(41)47-31)46-25-16-34(8,43-12)29(40)22(7)45-25;2-1(3)4/h14-16,18,22-27,30-38,40,46-48,50H,13,17,19-21H2,1-12H3;17-31,33,37-40,42H,13-16H2,1-12H3;1H/t22?,23?,24-,25-,26+,27?,30?,31+,32-,33?,34?,35-,36-,37+,38+,40-,41?,42-,43+;17?,18?,19-,20-,21+,22?,23?,24+,25-,26?,27?,28-,29-,30+,31+,33-,34?,35-,36+;/m00./s1. The minimum absolute atomic E-state index is 0.0575. The molecule has 30 heteroatoms. The predicted octanol–water partition coefficient (Wildman–Crippen LogP) is 9.11. The first-order chi connectivity index (χ1) is 51.0. The van der Waals surface area contributed by atoms with Gasteiger partial charge >= 0.3 is 11.9 Å². The van der Waals surface area contributed by atoms with Crippen molar-refractivity contribution in [1.82, 2.24) is 10.2 Å². The van der Waals surface area contributed by atoms with Gasteiger partial charge in [0.15, 0.2) is 29.5 Å². The van der Waals surface area contributed by atoms with Gasteiger partial charge in [-0.2, -0.15) is 0 Å². The van der Waals surface area contributed by atoms with Gasteiger partial charge in [-0.25, -0.2) is 0 Å². The van der Waals surface area contributed by atoms with Crippen molar-refractivity contribution in [2.45, 2.75) is 381 Å². The average molecular weight is 1650 g/mol. The fourth-order valence-electron chi connectivity index (χ4n) is 19.2. The smallest absolute Gasteiger partial charge is 0.311 e. The summed E-state index contributed by atoms with van der Waals surface area (Å²) in [5.74, 6) is -5.49. The molecule has 638 valence electrons. The molecule has 0 radical (unpaired) electrons. The number of likely N-dealkylation sites (N-methyl/N-ethyl adjacent to an activating group) is 2. The molecule has 0 saturated carbocycles. The molecule has 8 fully saturated rings. The molecular formula is C80H136Cl4N2O24. The van der Waals surface area contributed by atoms with Crippen molar-refractivity contribution in [1.29, 1.82) is 0 Å². The summed E-state index contributed by atoms with van der Waals surface area (Å²) in [4.78, 5) is 30.8. The Balaban J connectivity index is 0.000000295. The molecule has 26 nitrogen and oxygen atoms in total. The zero-order valence-corrected chi connectivity index (χ0v) is 72.3. The molecule has 8 aliphatic rings. The van der Waals surface area contributed by atoms with Crippen LogP contribution in [-0.4, -0.2) is 271 Å². The van der Waals surface area contributed by atoms with Crippen LogP contribution in [0.5, 0.6) is 0 Å². The fourth-order valence-corrected chi connectivity index (χ4v) is 19.4. The van der Waals surface area contributed by atoms with E-state index in [0.717, 1.165) is 5.56 Å². The molecule has 0 spiro atoms. The molecule has 4 bridgehead atoms. The Kier molecular flexibility index (Phi) is 34.0. The number of benzene rings is 1. The van der Waals surface area contributed by atoms with Gasteiger partial charge in [0.1, 0.15) is 47.8 Å². The zero-order chi connectivity index (χ0) is 82.7. The van der Waals surface area contributed by atoms with Crippen LogP contribution in [0.25, 0.3) is 0 Å². The van der Waals surface area contributed by atoms with E-state index in [0.29, 0.717) is 37.3 Å². The number of hydrogen-bond donors (Lipinski definition) is 9. The molecule has 0 aromatic heterocycles. The molecule has 0 amide bonds. The average Bonchev–Trinajstić information content (AvgIpc) is 1.58. The van der Waals surface area contributed by atoms with E-state index in [4.69, 9.17) is 113 Å². The van der Waals surface area contributed by atoms with E-state index >= 15 is 0 Å². The summed E-state index contributed by atoms with van der Waals surface area (Å²) in [6.45, 7) is 37.1. The number of aliphatic hydroxyl groups excluding tert-OH is 6. The Labute approximate surface area is 673 Å². The van der Waals surface area contributed by atoms with Crippen LogP contribution in [0.1, 0.15) is 195 Å². The highest BCUT2D eigenvalue weighted by Gasteiger charge is 2.62. The van der Waals surface area contributed by atoms with Gasteiger partial charge in [-0.15, -0.1) is 0 Å². The van der Waals surface area contributed by atoms with Gasteiger partial charge in [0.2, 0.25) is 0 Å². The number of methoxy groups -OCH3 is 2. The van der Waals surface area contributed by atoms with Gasteiger partial charge in [-0.3, -0.25) is 14.5 Å². The number of nitrogens with one attached hydrogen (secondary N) is 1. The number of halogens is 4. The third-order valence-electron chi connectivity index (χ3n) is 25.7. The first kappa shape index (κ1) is 95.6. The molecule has 0 aliphatic carbocycles. The molecule has 8 saturated heterocycles. The first-order valence-electron chi connectivity index (χ1n) is 39.7. The van der Waals surface area contributed by atoms with E-state index in [-0.39, 0.29) is 61.8 Å². The number of fused-ring (bicyclic) bond motifs is 4. The van der Waals surface area contributed by atoms with E-state index in [1.165, 1.54) is 28.1 Å². The molecule has 9 N–H and O–H groups in total. The maximum Gasteiger partial charge on any atom is 0.311 e. The Morgan fingerprint density at radius 2 is 0.991 bits per heavy atom. The van der Waals surface area contributed by atoms with Crippen molar-refractivity contribution >= 4 is 58.3 Å². The molecule has 1 aromatic carbocycles. The van der Waals surface area contributed by atoms with E-state index < -0.39 is 208 Å². The minimum atomic E-state index is -1.81. The van der Waals surface area contributed by atoms with Gasteiger partial charge in [0.25, 0.3) is 0 Å². The lowest BCUT2D eigenvalue weighted by Crippen LogP contribution is -2.60. The third-order valence-corrected chi connectivity index (χ3v) is 25.9. The van der Waals surface area contributed by atoms with E-state index in [1.807, 2.05) is 86.7 Å². The molecule has 8 heterocycles. The second kappa shape index (κ2) is 39.1. The van der Waals surface area contributed by atoms with Crippen molar-refractivity contribution in [3.63, 3.8) is 0 Å². The topological polar surface area (TPSA) is 340 Å². The Morgan fingerprint density at radius 3 is 1.36 bits per heavy atom. The molecule has 110 heavy (non-hydrogen) atoms. The second-order valence-electron chi connectivity index (χ2n) is 34.7. The Morgan fingerprint density at radius 1 is 0.600 bits per heavy atom. The van der Waals surface area contributed by atoms with Crippen LogP contribution in [0.15, 0.2) is 24.3 Å². The van der Waals surface area contributed by atoms with E-state index in [1.54, 1.807) is 62.4 Å². The van der Waals surface area contributed by atoms with E-state index in [9.17, 15) is 50.4 Å². The Bertz CT molecular complexity index is 3060. The summed E-state index contributed by atoms with van der Waals surface area (Å²) in [5.41, 5.74) is -6.52. The number of esters is 2. The summed E-state index contributed by atoms with van der Waals surface area (Å²) in [5, 5.41) is 94.8. The quantitative estimate of drug-likeness (QED) is 0.0434. The lowest BCUT2D eigenvalue weighted by atomic mass is 9.76. The predicted molar refractivity (Wildman–Crippen MR) is 414 cm³/mol. The number of hydrogen-bond acceptors (Lipinski definition) is 26. The van der Waals surface area contributed by atoms with Crippen LogP contribution in [0.4, 0.5) is 0 Å². The van der Waals surface area contributed by atoms with Crippen LogP contribution in [0.3, 0.4) is 0 Å². The number of nitrogens with zero attached hydrogens (tertiary/aromatic N) is 1. The lowest BCUT2D eigenvalue weighted by Gasteiger charge is -2.48. The van der Waals surface area contributed by atoms with Crippen LogP contribution >= 0.6 is 46.4 Å². The summed E-state index contributed by atoms with van der Waals surface area (Å²) >= 11 is 20.7. The highest BCUT2D eigenvalue weighted by atomic mass is 35.6. The van der Waals surface area contributed by atoms with Gasteiger partial charge in [-0.1, -0.05) is 114 Å². The maximum atomic E-state index is 14.4. The van der Waals surface area contributed by atoms with Crippen molar-refractivity contribution in [3.8, 4) is 0 Å². The molecule has 9 rings (SSSR count). The van der Waals surface area contributed by atoms with Crippen LogP contribution in [0, 0.1) is 47.3 Å². The monoisotopic (exact) mass is 1650 g/mol. The number of carbonyl (C=O) groups excluding carboxylic acids is 2. The number of aliphatic hydroxyl groups is 8. The molecule has 8 aliphatic heterocycles. The highest BCUT2D eigenvalue weighted by Crippen LogP contribution is 2.52. The first-order valence-corrected chi connectivity index (χ1v) is 41.4. The fraction of sp³-hybridized carbons (Fsp3) is 0.900. The van der Waals surface area contributed by atoms with Gasteiger partial charge in [-0.05, 0) is 165 Å². The number of carbonyl (C=O) groups is 2. The summed E-state index contributed by atoms with van der Waals surface area (Å²) in [7, 11) is 6.81. The lowest BCUT2D eigenvalue weighted by molar-refractivity contribution is -0.318. The van der Waals surface area contributed by atoms with Crippen molar-refractivity contribution < 1.29 is 117 Å². The normalized spacial score (nSPS) is 45.9. The minimum Gasteiger partial charge on any atom is -0.459 e. The second-order valence-corrected chi connectivity index (χ2v) is 37.1. The summed E-state index contributed by atoms with van der Waals surface area (Å²) in [6.07, 6.45) is -15.4. The number of alkyl halides is 3. The molecule has 38 atom stereocenters. The van der Waals surface area contributed by atoms with E-state index in [2.05, 4.69) is 24.1 Å². The highest BCUT2D eigenvalue weighted by molar-refractivity contribution is 6.63.